The van der Waals surface area contributed by atoms with E-state index >= 15 is 0 Å². The summed E-state index contributed by atoms with van der Waals surface area (Å²) in [5.41, 5.74) is 1.96. The maximum absolute atomic E-state index is 12.8. The molecule has 2 N–H and O–H groups in total. The number of esters is 1. The van der Waals surface area contributed by atoms with E-state index in [4.69, 9.17) is 28.8 Å². The Bertz CT molecular complexity index is 1030. The van der Waals surface area contributed by atoms with Crippen LogP contribution in [0.15, 0.2) is 72.3 Å². The Morgan fingerprint density at radius 1 is 1.03 bits per heavy atom. The molecule has 9 heteroatoms. The molecule has 2 rings (SSSR count). The average Bonchev–Trinajstić information content (AvgIpc) is 2.89. The Morgan fingerprint density at radius 3 is 2.30 bits per heavy atom. The predicted octanol–water partition coefficient (Wildman–Crippen LogP) is 4.83. The van der Waals surface area contributed by atoms with E-state index < -0.39 is 24.3 Å². The second-order valence-corrected chi connectivity index (χ2v) is 7.87. The highest BCUT2D eigenvalue weighted by atomic mass is 16.6. The average molecular weight is 514 g/mol. The summed E-state index contributed by atoms with van der Waals surface area (Å²) in [4.78, 5) is 24.4. The summed E-state index contributed by atoms with van der Waals surface area (Å²) >= 11 is 0. The number of carbonyl (C=O) groups is 2. The van der Waals surface area contributed by atoms with Gasteiger partial charge in [0.1, 0.15) is 24.2 Å². The number of anilines is 1. The van der Waals surface area contributed by atoms with Gasteiger partial charge in [-0.2, -0.15) is 0 Å². The zero-order valence-electron chi connectivity index (χ0n) is 21.6. The fourth-order valence-electron chi connectivity index (χ4n) is 3.36. The smallest absolute Gasteiger partial charge is 0.412 e. The molecule has 0 spiro atoms. The van der Waals surface area contributed by atoms with Gasteiger partial charge in [0.05, 0.1) is 20.3 Å². The minimum atomic E-state index is -0.755. The highest BCUT2D eigenvalue weighted by molar-refractivity contribution is 5.85. The Morgan fingerprint density at radius 2 is 1.70 bits per heavy atom. The number of benzene rings is 2. The summed E-state index contributed by atoms with van der Waals surface area (Å²) in [6.07, 6.45) is 3.49. The first-order chi connectivity index (χ1) is 17.9. The van der Waals surface area contributed by atoms with E-state index in [2.05, 4.69) is 5.32 Å². The molecule has 0 bridgehead atoms. The van der Waals surface area contributed by atoms with Crippen LogP contribution < -0.4 is 14.8 Å². The molecule has 9 nitrogen and oxygen atoms in total. The molecule has 0 aromatic heterocycles. The van der Waals surface area contributed by atoms with Gasteiger partial charge in [-0.05, 0) is 67.8 Å². The molecule has 37 heavy (non-hydrogen) atoms. The van der Waals surface area contributed by atoms with Crippen molar-refractivity contribution >= 4 is 17.7 Å². The molecule has 0 fully saturated rings. The minimum Gasteiger partial charge on any atom is -0.497 e. The Hall–Kier alpha value is -3.82. The van der Waals surface area contributed by atoms with E-state index in [1.165, 1.54) is 13.2 Å². The van der Waals surface area contributed by atoms with Crippen LogP contribution in [-0.4, -0.2) is 57.3 Å². The number of nitrogens with one attached hydrogen (secondary N) is 1. The molecular weight excluding hydrogens is 478 g/mol. The van der Waals surface area contributed by atoms with Crippen molar-refractivity contribution in [3.05, 3.63) is 77.9 Å². The number of amides is 1. The lowest BCUT2D eigenvalue weighted by molar-refractivity contribution is -0.137. The molecule has 0 unspecified atom stereocenters. The first-order valence-electron chi connectivity index (χ1n) is 11.9. The maximum Gasteiger partial charge on any atom is 0.412 e. The van der Waals surface area contributed by atoms with Gasteiger partial charge in [0, 0.05) is 18.9 Å². The molecule has 0 saturated heterocycles. The minimum absolute atomic E-state index is 0.0961. The van der Waals surface area contributed by atoms with Crippen molar-refractivity contribution in [3.63, 3.8) is 0 Å². The second-order valence-electron chi connectivity index (χ2n) is 7.87. The summed E-state index contributed by atoms with van der Waals surface area (Å²) in [6.45, 7) is 3.92. The van der Waals surface area contributed by atoms with Gasteiger partial charge in [-0.25, -0.2) is 9.59 Å². The Labute approximate surface area is 217 Å². The molecule has 0 saturated carbocycles. The molecule has 0 aliphatic heterocycles. The lowest BCUT2D eigenvalue weighted by Crippen LogP contribution is -2.27. The number of aliphatic hydroxyl groups excluding tert-OH is 1. The third-order valence-electron chi connectivity index (χ3n) is 5.16. The zero-order valence-corrected chi connectivity index (χ0v) is 21.6. The molecule has 2 aromatic rings. The number of hydrogen-bond acceptors (Lipinski definition) is 8. The summed E-state index contributed by atoms with van der Waals surface area (Å²) in [7, 11) is 3.10. The summed E-state index contributed by atoms with van der Waals surface area (Å²) in [6, 6.07) is 13.9. The van der Waals surface area contributed by atoms with Crippen molar-refractivity contribution < 1.29 is 38.4 Å². The van der Waals surface area contributed by atoms with Crippen molar-refractivity contribution in [2.24, 2.45) is 0 Å². The maximum atomic E-state index is 12.8. The van der Waals surface area contributed by atoms with E-state index in [0.29, 0.717) is 41.4 Å². The molecule has 0 radical (unpaired) electrons. The van der Waals surface area contributed by atoms with E-state index in [1.54, 1.807) is 75.6 Å². The quantitative estimate of drug-likeness (QED) is 0.210. The fraction of sp³-hybridized carbons (Fsp3) is 0.357. The number of ether oxygens (including phenoxy) is 5. The van der Waals surface area contributed by atoms with Gasteiger partial charge in [-0.15, -0.1) is 0 Å². The number of carbonyl (C=O) groups excluding carboxylic acids is 2. The van der Waals surface area contributed by atoms with Crippen LogP contribution in [0.1, 0.15) is 31.9 Å². The monoisotopic (exact) mass is 513 g/mol. The summed E-state index contributed by atoms with van der Waals surface area (Å²) < 4.78 is 27.0. The molecule has 200 valence electrons. The number of methoxy groups -OCH3 is 2. The van der Waals surface area contributed by atoms with Crippen LogP contribution >= 0.6 is 0 Å². The summed E-state index contributed by atoms with van der Waals surface area (Å²) in [5, 5.41) is 11.7. The molecule has 0 aliphatic carbocycles. The van der Waals surface area contributed by atoms with E-state index in [9.17, 15) is 9.59 Å². The van der Waals surface area contributed by atoms with Crippen LogP contribution in [-0.2, 0) is 19.0 Å². The Kier molecular flexibility index (Phi) is 12.7. The standard InChI is InChI=1S/C28H35NO8/c1-5-35-26(31)19-20(2)7-6-8-25(34-4)27(21-9-13-24(14-10-21)36-18-17-30)37-28(32)29-22-11-15-23(33-3)16-12-22/h6-7,9-16,19,25,27,30H,5,8,17-18H2,1-4H3,(H,29,32)/b7-6+,20-19+/t25-,27-/m1/s1. The van der Waals surface area contributed by atoms with Gasteiger partial charge in [-0.3, -0.25) is 5.32 Å². The Balaban J connectivity index is 2.20. The third-order valence-corrected chi connectivity index (χ3v) is 5.16. The summed E-state index contributed by atoms with van der Waals surface area (Å²) in [5.74, 6) is 0.833. The van der Waals surface area contributed by atoms with Gasteiger partial charge in [-0.1, -0.05) is 24.3 Å². The van der Waals surface area contributed by atoms with Gasteiger partial charge in [0.25, 0.3) is 0 Å². The van der Waals surface area contributed by atoms with Crippen LogP contribution in [0.2, 0.25) is 0 Å². The van der Waals surface area contributed by atoms with Crippen molar-refractivity contribution in [1.82, 2.24) is 0 Å². The number of allylic oxidation sites excluding steroid dienone is 2. The SMILES string of the molecule is CCOC(=O)/C=C(C)/C=C/C[C@@H](OC)[C@H](OC(=O)Nc1ccc(OC)cc1)c1ccc(OCCO)cc1. The van der Waals surface area contributed by atoms with Crippen molar-refractivity contribution in [2.75, 3.05) is 39.4 Å². The fourth-order valence-corrected chi connectivity index (χ4v) is 3.36. The molecule has 0 heterocycles. The van der Waals surface area contributed by atoms with E-state index in [0.717, 1.165) is 0 Å². The van der Waals surface area contributed by atoms with Gasteiger partial charge < -0.3 is 28.8 Å². The largest absolute Gasteiger partial charge is 0.497 e. The van der Waals surface area contributed by atoms with Crippen LogP contribution in [0.4, 0.5) is 10.5 Å². The topological polar surface area (TPSA) is 113 Å². The highest BCUT2D eigenvalue weighted by Crippen LogP contribution is 2.28. The van der Waals surface area contributed by atoms with Crippen LogP contribution in [0.5, 0.6) is 11.5 Å². The van der Waals surface area contributed by atoms with E-state index in [1.807, 2.05) is 6.08 Å². The predicted molar refractivity (Wildman–Crippen MR) is 140 cm³/mol. The third kappa shape index (κ3) is 10.4. The second kappa shape index (κ2) is 16.0. The molecular formula is C28H35NO8. The first-order valence-corrected chi connectivity index (χ1v) is 11.9. The van der Waals surface area contributed by atoms with Crippen molar-refractivity contribution in [2.45, 2.75) is 32.5 Å². The van der Waals surface area contributed by atoms with Crippen molar-refractivity contribution in [1.29, 1.82) is 0 Å². The lowest BCUT2D eigenvalue weighted by Gasteiger charge is -2.26. The molecule has 2 aromatic carbocycles. The normalized spacial score (nSPS) is 13.1. The van der Waals surface area contributed by atoms with Gasteiger partial charge >= 0.3 is 12.1 Å². The van der Waals surface area contributed by atoms with Crippen LogP contribution in [0.3, 0.4) is 0 Å². The van der Waals surface area contributed by atoms with E-state index in [-0.39, 0.29) is 13.2 Å². The van der Waals surface area contributed by atoms with Crippen molar-refractivity contribution in [3.8, 4) is 11.5 Å². The molecule has 2 atom stereocenters. The van der Waals surface area contributed by atoms with Gasteiger partial charge in [0.2, 0.25) is 0 Å². The molecule has 1 amide bonds. The molecule has 0 aliphatic rings. The number of rotatable bonds is 14. The zero-order chi connectivity index (χ0) is 27.0. The first kappa shape index (κ1) is 29.4. The van der Waals surface area contributed by atoms with Gasteiger partial charge in [0.15, 0.2) is 6.10 Å². The lowest BCUT2D eigenvalue weighted by atomic mass is 10.0. The number of hydrogen-bond donors (Lipinski definition) is 2. The number of aliphatic hydroxyl groups is 1. The highest BCUT2D eigenvalue weighted by Gasteiger charge is 2.27. The van der Waals surface area contributed by atoms with Crippen LogP contribution in [0, 0.1) is 0 Å². The van der Waals surface area contributed by atoms with Crippen LogP contribution in [0.25, 0.3) is 0 Å².